The highest BCUT2D eigenvalue weighted by atomic mass is 35.7. The predicted octanol–water partition coefficient (Wildman–Crippen LogP) is -0.317. The lowest BCUT2D eigenvalue weighted by Gasteiger charge is -2.48. The van der Waals surface area contributed by atoms with Crippen molar-refractivity contribution < 1.29 is 51.4 Å². The molecule has 2 aromatic carbocycles. The Kier molecular flexibility index (Phi) is 6.72. The second kappa shape index (κ2) is 10.1. The maximum Gasteiger partial charge on any atom is 0.283 e. The van der Waals surface area contributed by atoms with Crippen LogP contribution in [0.3, 0.4) is 0 Å². The van der Waals surface area contributed by atoms with Crippen molar-refractivity contribution in [3.8, 4) is 5.75 Å². The Morgan fingerprint density at radius 1 is 1.02 bits per heavy atom. The summed E-state index contributed by atoms with van der Waals surface area (Å²) in [6, 6.07) is 22.0. The molecule has 8 rings (SSSR count). The third-order valence-corrected chi connectivity index (χ3v) is 9.59. The fraction of sp³-hybridized carbons (Fsp3) is 0.172. The molecular weight excluding hydrogens is 586 g/mol. The van der Waals surface area contributed by atoms with Crippen molar-refractivity contribution >= 4 is 10.0 Å². The first-order chi connectivity index (χ1) is 19.9. The summed E-state index contributed by atoms with van der Waals surface area (Å²) in [4.78, 5) is 0.171. The molecule has 5 heterocycles. The SMILES string of the molecule is Cc1ccc(S(=O)(=O)n2nccc2C2(c3ccoc3)CC3c4cccc(O)c4C2c2cccc[n+]23)cc1.[O-][Cl+3]([O-])([O-])[O-]. The Hall–Kier alpha value is -4.04. The highest BCUT2D eigenvalue weighted by Crippen LogP contribution is 2.61. The van der Waals surface area contributed by atoms with Gasteiger partial charge in [-0.3, -0.25) is 0 Å². The summed E-state index contributed by atoms with van der Waals surface area (Å²) < 4.78 is 70.9. The lowest BCUT2D eigenvalue weighted by atomic mass is 9.54. The predicted molar refractivity (Wildman–Crippen MR) is 135 cm³/mol. The Morgan fingerprint density at radius 3 is 2.45 bits per heavy atom. The van der Waals surface area contributed by atoms with Gasteiger partial charge in [-0.05, 0) is 37.3 Å². The van der Waals surface area contributed by atoms with Crippen molar-refractivity contribution in [1.29, 1.82) is 0 Å². The van der Waals surface area contributed by atoms with Crippen LogP contribution in [0.25, 0.3) is 0 Å². The Bertz CT molecular complexity index is 1860. The summed E-state index contributed by atoms with van der Waals surface area (Å²) >= 11 is 0. The van der Waals surface area contributed by atoms with Crippen LogP contribution in [0.2, 0.25) is 0 Å². The number of aryl methyl sites for hydroxylation is 1. The van der Waals surface area contributed by atoms with Crippen molar-refractivity contribution in [2.24, 2.45) is 0 Å². The Morgan fingerprint density at radius 2 is 1.76 bits per heavy atom. The van der Waals surface area contributed by atoms with E-state index in [2.05, 4.69) is 28.0 Å². The van der Waals surface area contributed by atoms with E-state index >= 15 is 0 Å². The van der Waals surface area contributed by atoms with Crippen LogP contribution in [0.5, 0.6) is 5.75 Å². The van der Waals surface area contributed by atoms with Crippen LogP contribution in [0.15, 0.2) is 107 Å². The van der Waals surface area contributed by atoms with E-state index in [4.69, 9.17) is 23.1 Å². The molecule has 3 atom stereocenters. The number of pyridine rings is 1. The summed E-state index contributed by atoms with van der Waals surface area (Å²) in [5.41, 5.74) is 4.33. The second-order valence-electron chi connectivity index (χ2n) is 10.2. The van der Waals surface area contributed by atoms with Gasteiger partial charge in [-0.15, -0.1) is 10.2 Å². The van der Waals surface area contributed by atoms with Crippen LogP contribution in [-0.4, -0.2) is 22.7 Å². The first-order valence-corrected chi connectivity index (χ1v) is 15.4. The Balaban J connectivity index is 0.000000585. The average Bonchev–Trinajstić information content (AvgIpc) is 3.66. The smallest absolute Gasteiger partial charge is 0.283 e. The molecule has 0 saturated heterocycles. The van der Waals surface area contributed by atoms with Crippen LogP contribution in [-0.2, 0) is 15.4 Å². The van der Waals surface area contributed by atoms with E-state index < -0.39 is 25.7 Å². The van der Waals surface area contributed by atoms with Crippen LogP contribution >= 0.6 is 0 Å². The summed E-state index contributed by atoms with van der Waals surface area (Å²) in [7, 11) is -8.94. The van der Waals surface area contributed by atoms with Crippen molar-refractivity contribution in [1.82, 2.24) is 9.19 Å². The maximum absolute atomic E-state index is 14.0. The number of fused-ring (bicyclic) bond motifs is 1. The van der Waals surface area contributed by atoms with Gasteiger partial charge in [-0.2, -0.15) is 22.2 Å². The van der Waals surface area contributed by atoms with E-state index in [1.165, 1.54) is 6.20 Å². The zero-order valence-electron chi connectivity index (χ0n) is 22.0. The van der Waals surface area contributed by atoms with E-state index in [9.17, 15) is 13.5 Å². The summed E-state index contributed by atoms with van der Waals surface area (Å²) in [5.74, 6) is -0.182. The van der Waals surface area contributed by atoms with Crippen molar-refractivity contribution in [2.75, 3.05) is 0 Å². The van der Waals surface area contributed by atoms with Crippen LogP contribution < -0.4 is 23.2 Å². The molecule has 3 aliphatic rings. The lowest BCUT2D eigenvalue weighted by Crippen LogP contribution is -2.68. The largest absolute Gasteiger partial charge is 0.508 e. The van der Waals surface area contributed by atoms with E-state index in [1.54, 1.807) is 48.9 Å². The maximum atomic E-state index is 14.0. The molecule has 13 heteroatoms. The van der Waals surface area contributed by atoms with Gasteiger partial charge in [0.05, 0.1) is 40.6 Å². The zero-order chi connectivity index (χ0) is 29.9. The molecule has 0 radical (unpaired) electrons. The third kappa shape index (κ3) is 4.49. The van der Waals surface area contributed by atoms with Gasteiger partial charge in [-0.25, -0.2) is 18.6 Å². The molecule has 1 N–H and O–H groups in total. The number of nitrogens with zero attached hydrogens (tertiary/aromatic N) is 3. The zero-order valence-corrected chi connectivity index (χ0v) is 23.6. The van der Waals surface area contributed by atoms with Gasteiger partial charge in [0.25, 0.3) is 10.0 Å². The van der Waals surface area contributed by atoms with Crippen molar-refractivity contribution in [2.45, 2.75) is 35.6 Å². The number of aromatic nitrogens is 3. The molecular formula is C29H24ClN3O8S. The van der Waals surface area contributed by atoms with E-state index in [0.717, 1.165) is 32.0 Å². The number of hydrogen-bond acceptors (Lipinski definition) is 9. The lowest BCUT2D eigenvalue weighted by molar-refractivity contribution is -2.00. The van der Waals surface area contributed by atoms with Crippen molar-refractivity contribution in [3.05, 3.63) is 131 Å². The normalized spacial score (nSPS) is 20.8. The number of benzene rings is 2. The quantitative estimate of drug-likeness (QED) is 0.267. The van der Waals surface area contributed by atoms with Crippen LogP contribution in [0, 0.1) is 17.2 Å². The third-order valence-electron chi connectivity index (χ3n) is 7.98. The molecule has 3 unspecified atom stereocenters. The molecule has 5 aromatic rings. The average molecular weight is 610 g/mol. The van der Waals surface area contributed by atoms with Crippen LogP contribution in [0.4, 0.5) is 0 Å². The number of phenolic OH excluding ortho intramolecular Hbond substituents is 1. The van der Waals surface area contributed by atoms with Gasteiger partial charge in [0.15, 0.2) is 17.9 Å². The molecule has 216 valence electrons. The topological polar surface area (TPSA) is 181 Å². The molecule has 0 saturated carbocycles. The van der Waals surface area contributed by atoms with E-state index in [0.29, 0.717) is 12.1 Å². The number of furan rings is 1. The highest BCUT2D eigenvalue weighted by molar-refractivity contribution is 7.89. The standard InChI is InChI=1S/C29H23N3O4S.ClHO4/c1-19-8-10-21(11-9-19)37(34,35)32-26(12-14-30-32)29(20-13-16-36-18-20)17-24-22-5-4-7-25(33)27(22)28(29)23-6-2-3-15-31(23)24;2-1(3,4)5/h2-16,18,24,28H,17H2,1H3;(H,2,3,4,5). The summed E-state index contributed by atoms with van der Waals surface area (Å²) in [6.45, 7) is 1.92. The first kappa shape index (κ1) is 28.1. The number of hydrogen-bond donors (Lipinski definition) is 1. The number of phenols is 1. The highest BCUT2D eigenvalue weighted by Gasteiger charge is 2.62. The minimum absolute atomic E-state index is 0.122. The van der Waals surface area contributed by atoms with Gasteiger partial charge < -0.3 is 9.52 Å². The molecule has 0 fully saturated rings. The molecule has 2 aliphatic heterocycles. The summed E-state index contributed by atoms with van der Waals surface area (Å²) in [6.07, 6.45) is 7.46. The van der Waals surface area contributed by atoms with Gasteiger partial charge in [0.2, 0.25) is 0 Å². The fourth-order valence-corrected chi connectivity index (χ4v) is 7.76. The summed E-state index contributed by atoms with van der Waals surface area (Å²) in [5, 5.41) is 15.6. The van der Waals surface area contributed by atoms with Gasteiger partial charge in [-0.1, -0.05) is 35.9 Å². The molecule has 42 heavy (non-hydrogen) atoms. The number of rotatable bonds is 4. The molecule has 0 spiro atoms. The molecule has 11 nitrogen and oxygen atoms in total. The minimum atomic E-state index is -4.94. The molecule has 0 amide bonds. The Labute approximate surface area is 243 Å². The first-order valence-electron chi connectivity index (χ1n) is 12.8. The fourth-order valence-electron chi connectivity index (χ4n) is 6.42. The van der Waals surface area contributed by atoms with Crippen molar-refractivity contribution in [3.63, 3.8) is 0 Å². The number of aromatic hydroxyl groups is 1. The van der Waals surface area contributed by atoms with E-state index in [-0.39, 0.29) is 22.6 Å². The number of halogens is 1. The molecule has 2 bridgehead atoms. The van der Waals surface area contributed by atoms with Crippen LogP contribution in [0.1, 0.15) is 52.0 Å². The van der Waals surface area contributed by atoms with Gasteiger partial charge in [0.1, 0.15) is 5.75 Å². The molecule has 3 aromatic heterocycles. The monoisotopic (exact) mass is 609 g/mol. The van der Waals surface area contributed by atoms with Gasteiger partial charge >= 0.3 is 0 Å². The minimum Gasteiger partial charge on any atom is -0.508 e. The second-order valence-corrected chi connectivity index (χ2v) is 12.7. The van der Waals surface area contributed by atoms with Gasteiger partial charge in [0, 0.05) is 35.2 Å². The molecule has 1 aliphatic carbocycles. The van der Waals surface area contributed by atoms with E-state index in [1.807, 2.05) is 31.2 Å².